The van der Waals surface area contributed by atoms with Gasteiger partial charge in [0.1, 0.15) is 0 Å². The molecule has 3 heterocycles. The van der Waals surface area contributed by atoms with Gasteiger partial charge in [-0.3, -0.25) is 24.2 Å². The average Bonchev–Trinajstić information content (AvgIpc) is 2.98. The van der Waals surface area contributed by atoms with Crippen LogP contribution in [-0.2, 0) is 23.9 Å². The smallest absolute Gasteiger partial charge is 0.229 e. The normalized spacial score (nSPS) is 24.1. The van der Waals surface area contributed by atoms with Gasteiger partial charge in [-0.05, 0) is 12.8 Å². The minimum absolute atomic E-state index is 0.0184. The molecule has 3 aliphatic heterocycles. The third-order valence-electron chi connectivity index (χ3n) is 5.59. The maximum Gasteiger partial charge on any atom is 0.229 e. The van der Waals surface area contributed by atoms with Crippen LogP contribution in [0.1, 0.15) is 32.1 Å². The van der Waals surface area contributed by atoms with Gasteiger partial charge in [-0.25, -0.2) is 0 Å². The number of amides is 3. The number of morpholine rings is 1. The standard InChI is InChI=1S/C18H29N3O5/c22-15(3-6-21-16(23)1-2-17(21)24)19-13-18(4-9-25-10-5-18)14-20-7-11-26-12-8-20/h1-14H2,(H,19,22). The third-order valence-corrected chi connectivity index (χ3v) is 5.59. The minimum atomic E-state index is -0.170. The second kappa shape index (κ2) is 8.92. The summed E-state index contributed by atoms with van der Waals surface area (Å²) in [7, 11) is 0. The van der Waals surface area contributed by atoms with Crippen molar-refractivity contribution in [2.75, 3.05) is 59.2 Å². The summed E-state index contributed by atoms with van der Waals surface area (Å²) in [6.45, 7) is 6.54. The Bertz CT molecular complexity index is 511. The highest BCUT2D eigenvalue weighted by molar-refractivity contribution is 6.02. The molecule has 3 fully saturated rings. The van der Waals surface area contributed by atoms with E-state index in [1.54, 1.807) is 0 Å². The van der Waals surface area contributed by atoms with Crippen molar-refractivity contribution in [2.45, 2.75) is 32.1 Å². The summed E-state index contributed by atoms with van der Waals surface area (Å²) in [6.07, 6.45) is 2.55. The highest BCUT2D eigenvalue weighted by Gasteiger charge is 2.35. The average molecular weight is 367 g/mol. The quantitative estimate of drug-likeness (QED) is 0.626. The predicted octanol–water partition coefficient (Wildman–Crippen LogP) is -0.229. The van der Waals surface area contributed by atoms with Gasteiger partial charge in [-0.1, -0.05) is 0 Å². The molecule has 0 aromatic heterocycles. The van der Waals surface area contributed by atoms with Crippen molar-refractivity contribution in [1.29, 1.82) is 0 Å². The van der Waals surface area contributed by atoms with Crippen molar-refractivity contribution in [1.82, 2.24) is 15.1 Å². The van der Waals surface area contributed by atoms with Gasteiger partial charge in [0.15, 0.2) is 0 Å². The van der Waals surface area contributed by atoms with E-state index in [9.17, 15) is 14.4 Å². The summed E-state index contributed by atoms with van der Waals surface area (Å²) >= 11 is 0. The number of carbonyl (C=O) groups is 3. The van der Waals surface area contributed by atoms with Crippen LogP contribution in [0.4, 0.5) is 0 Å². The van der Waals surface area contributed by atoms with Crippen LogP contribution in [0.15, 0.2) is 0 Å². The largest absolute Gasteiger partial charge is 0.381 e. The van der Waals surface area contributed by atoms with E-state index in [1.165, 1.54) is 4.90 Å². The van der Waals surface area contributed by atoms with E-state index < -0.39 is 0 Å². The Labute approximate surface area is 154 Å². The summed E-state index contributed by atoms with van der Waals surface area (Å²) in [5.41, 5.74) is 0.0184. The van der Waals surface area contributed by atoms with Crippen LogP contribution in [0, 0.1) is 5.41 Å². The summed E-state index contributed by atoms with van der Waals surface area (Å²) in [6, 6.07) is 0. The SMILES string of the molecule is O=C(CCN1C(=O)CCC1=O)NCC1(CN2CCOCC2)CCOCC1. The number of rotatable bonds is 7. The molecular formula is C18H29N3O5. The fraction of sp³-hybridized carbons (Fsp3) is 0.833. The van der Waals surface area contributed by atoms with Crippen LogP contribution < -0.4 is 5.32 Å². The van der Waals surface area contributed by atoms with Crippen molar-refractivity contribution in [2.24, 2.45) is 5.41 Å². The molecule has 3 saturated heterocycles. The molecule has 3 amide bonds. The molecule has 0 bridgehead atoms. The van der Waals surface area contributed by atoms with Crippen molar-refractivity contribution in [3.63, 3.8) is 0 Å². The fourth-order valence-electron chi connectivity index (χ4n) is 3.89. The van der Waals surface area contributed by atoms with Crippen molar-refractivity contribution in [3.8, 4) is 0 Å². The summed E-state index contributed by atoms with van der Waals surface area (Å²) < 4.78 is 10.9. The highest BCUT2D eigenvalue weighted by atomic mass is 16.5. The molecule has 0 saturated carbocycles. The number of nitrogens with zero attached hydrogens (tertiary/aromatic N) is 2. The maximum atomic E-state index is 12.3. The van der Waals surface area contributed by atoms with E-state index in [-0.39, 0.29) is 48.9 Å². The summed E-state index contributed by atoms with van der Waals surface area (Å²) in [5.74, 6) is -0.447. The monoisotopic (exact) mass is 367 g/mol. The Kier molecular flexibility index (Phi) is 6.61. The Morgan fingerprint density at radius 2 is 1.62 bits per heavy atom. The molecule has 3 rings (SSSR count). The molecule has 8 heteroatoms. The highest BCUT2D eigenvalue weighted by Crippen LogP contribution is 2.31. The maximum absolute atomic E-state index is 12.3. The van der Waals surface area contributed by atoms with Gasteiger partial charge in [-0.15, -0.1) is 0 Å². The van der Waals surface area contributed by atoms with Gasteiger partial charge < -0.3 is 14.8 Å². The van der Waals surface area contributed by atoms with Crippen molar-refractivity contribution in [3.05, 3.63) is 0 Å². The zero-order valence-corrected chi connectivity index (χ0v) is 15.3. The number of imide groups is 1. The van der Waals surface area contributed by atoms with Crippen LogP contribution >= 0.6 is 0 Å². The molecular weight excluding hydrogens is 338 g/mol. The molecule has 8 nitrogen and oxygen atoms in total. The first kappa shape index (κ1) is 19.3. The fourth-order valence-corrected chi connectivity index (χ4v) is 3.89. The van der Waals surface area contributed by atoms with E-state index in [0.717, 1.165) is 58.9 Å². The number of hydrogen-bond donors (Lipinski definition) is 1. The number of hydrogen-bond acceptors (Lipinski definition) is 6. The molecule has 1 N–H and O–H groups in total. The molecule has 26 heavy (non-hydrogen) atoms. The van der Waals surface area contributed by atoms with E-state index in [0.29, 0.717) is 6.54 Å². The van der Waals surface area contributed by atoms with E-state index in [2.05, 4.69) is 10.2 Å². The Morgan fingerprint density at radius 1 is 1.00 bits per heavy atom. The Hall–Kier alpha value is -1.51. The summed E-state index contributed by atoms with van der Waals surface area (Å²) in [4.78, 5) is 39.1. The molecule has 0 unspecified atom stereocenters. The summed E-state index contributed by atoms with van der Waals surface area (Å²) in [5, 5.41) is 3.03. The van der Waals surface area contributed by atoms with Gasteiger partial charge >= 0.3 is 0 Å². The Morgan fingerprint density at radius 3 is 2.27 bits per heavy atom. The lowest BCUT2D eigenvalue weighted by atomic mass is 9.79. The molecule has 146 valence electrons. The topological polar surface area (TPSA) is 88.2 Å². The minimum Gasteiger partial charge on any atom is -0.381 e. The number of likely N-dealkylation sites (tertiary alicyclic amines) is 1. The van der Waals surface area contributed by atoms with Crippen LogP contribution in [0.2, 0.25) is 0 Å². The molecule has 0 radical (unpaired) electrons. The first-order chi connectivity index (χ1) is 12.6. The molecule has 0 atom stereocenters. The lowest BCUT2D eigenvalue weighted by Crippen LogP contribution is -2.51. The zero-order chi connectivity index (χ0) is 18.4. The van der Waals surface area contributed by atoms with Crippen LogP contribution in [0.5, 0.6) is 0 Å². The first-order valence-corrected chi connectivity index (χ1v) is 9.56. The van der Waals surface area contributed by atoms with Crippen molar-refractivity contribution < 1.29 is 23.9 Å². The number of carbonyl (C=O) groups excluding carboxylic acids is 3. The molecule has 3 aliphatic rings. The number of nitrogens with one attached hydrogen (secondary N) is 1. The lowest BCUT2D eigenvalue weighted by Gasteiger charge is -2.42. The van der Waals surface area contributed by atoms with Gasteiger partial charge in [0.25, 0.3) is 0 Å². The van der Waals surface area contributed by atoms with E-state index >= 15 is 0 Å². The second-order valence-electron chi connectivity index (χ2n) is 7.47. The molecule has 0 spiro atoms. The lowest BCUT2D eigenvalue weighted by molar-refractivity contribution is -0.138. The molecule has 0 aliphatic carbocycles. The van der Waals surface area contributed by atoms with E-state index in [4.69, 9.17) is 9.47 Å². The van der Waals surface area contributed by atoms with Gasteiger partial charge in [0.05, 0.1) is 13.2 Å². The van der Waals surface area contributed by atoms with E-state index in [1.807, 2.05) is 0 Å². The van der Waals surface area contributed by atoms with Crippen LogP contribution in [-0.4, -0.2) is 86.7 Å². The zero-order valence-electron chi connectivity index (χ0n) is 15.3. The predicted molar refractivity (Wildman–Crippen MR) is 93.3 cm³/mol. The van der Waals surface area contributed by atoms with Crippen LogP contribution in [0.25, 0.3) is 0 Å². The third kappa shape index (κ3) is 5.02. The van der Waals surface area contributed by atoms with Gasteiger partial charge in [0.2, 0.25) is 17.7 Å². The molecule has 0 aromatic rings. The van der Waals surface area contributed by atoms with Crippen molar-refractivity contribution >= 4 is 17.7 Å². The first-order valence-electron chi connectivity index (χ1n) is 9.56. The van der Waals surface area contributed by atoms with Gasteiger partial charge in [-0.2, -0.15) is 0 Å². The number of ether oxygens (including phenoxy) is 2. The molecule has 0 aromatic carbocycles. The Balaban J connectivity index is 1.48. The second-order valence-corrected chi connectivity index (χ2v) is 7.47. The van der Waals surface area contributed by atoms with Crippen LogP contribution in [0.3, 0.4) is 0 Å². The van der Waals surface area contributed by atoms with Gasteiger partial charge in [0, 0.05) is 70.6 Å².